The number of carbonyl (C=O) groups is 2. The zero-order chi connectivity index (χ0) is 25.6. The molecule has 35 heavy (non-hydrogen) atoms. The summed E-state index contributed by atoms with van der Waals surface area (Å²) >= 11 is 0. The summed E-state index contributed by atoms with van der Waals surface area (Å²) in [5.74, 6) is -0.689. The average molecular weight is 499 g/mol. The SMILES string of the molecule is Cc1cc(-c2cc(-c3cccc(C(=O)NCC#N)c3)no2)ccc1CNC(CC(N)=O)C(F)(F)P. The lowest BCUT2D eigenvalue weighted by molar-refractivity contribution is -0.119. The second-order valence-electron chi connectivity index (χ2n) is 7.92. The van der Waals surface area contributed by atoms with E-state index in [0.29, 0.717) is 22.6 Å². The molecule has 182 valence electrons. The maximum Gasteiger partial charge on any atom is 0.274 e. The summed E-state index contributed by atoms with van der Waals surface area (Å²) in [6, 6.07) is 14.4. The minimum Gasteiger partial charge on any atom is -0.370 e. The molecule has 3 aromatic rings. The molecule has 11 heteroatoms. The van der Waals surface area contributed by atoms with E-state index < -0.39 is 24.0 Å². The van der Waals surface area contributed by atoms with E-state index in [9.17, 15) is 18.4 Å². The topological polar surface area (TPSA) is 134 Å². The number of carbonyl (C=O) groups excluding carboxylic acids is 2. The summed E-state index contributed by atoms with van der Waals surface area (Å²) in [4.78, 5) is 23.2. The fourth-order valence-corrected chi connectivity index (χ4v) is 3.65. The smallest absolute Gasteiger partial charge is 0.274 e. The average Bonchev–Trinajstić information content (AvgIpc) is 3.30. The Kier molecular flexibility index (Phi) is 8.28. The van der Waals surface area contributed by atoms with E-state index in [2.05, 4.69) is 15.8 Å². The zero-order valence-electron chi connectivity index (χ0n) is 18.8. The third-order valence-corrected chi connectivity index (χ3v) is 5.70. The Bertz CT molecular complexity index is 1270. The molecule has 2 aromatic carbocycles. The van der Waals surface area contributed by atoms with Crippen LogP contribution in [0.1, 0.15) is 27.9 Å². The second-order valence-corrected chi connectivity index (χ2v) is 8.69. The van der Waals surface area contributed by atoms with E-state index in [0.717, 1.165) is 16.7 Å². The van der Waals surface area contributed by atoms with Crippen molar-refractivity contribution in [2.75, 3.05) is 6.54 Å². The van der Waals surface area contributed by atoms with Gasteiger partial charge >= 0.3 is 0 Å². The number of halogens is 2. The van der Waals surface area contributed by atoms with Crippen molar-refractivity contribution in [3.05, 3.63) is 65.2 Å². The van der Waals surface area contributed by atoms with Gasteiger partial charge in [-0.1, -0.05) is 38.7 Å². The molecule has 0 spiro atoms. The number of nitrogens with one attached hydrogen (secondary N) is 2. The third kappa shape index (κ3) is 6.92. The van der Waals surface area contributed by atoms with Crippen LogP contribution in [-0.2, 0) is 11.3 Å². The molecule has 3 rings (SSSR count). The Balaban J connectivity index is 1.75. The zero-order valence-corrected chi connectivity index (χ0v) is 20.0. The van der Waals surface area contributed by atoms with Crippen molar-refractivity contribution >= 4 is 21.1 Å². The largest absolute Gasteiger partial charge is 0.370 e. The standard InChI is InChI=1S/C24H24F2N5O3P/c1-14-9-16(5-6-18(14)13-30-21(12-22(28)32)24(25,26)35)20-11-19(31-34-20)15-3-2-4-17(10-15)23(33)29-8-7-27/h2-6,9-11,21,30H,8,12-13,35H2,1H3,(H2,28,32)(H,29,33). The number of hydrogen-bond acceptors (Lipinski definition) is 6. The predicted octanol–water partition coefficient (Wildman–Crippen LogP) is 3.37. The summed E-state index contributed by atoms with van der Waals surface area (Å²) in [5.41, 5.74) is 5.82. The van der Waals surface area contributed by atoms with E-state index in [1.807, 2.05) is 19.1 Å². The van der Waals surface area contributed by atoms with E-state index in [-0.39, 0.29) is 19.0 Å². The van der Waals surface area contributed by atoms with Gasteiger partial charge in [-0.25, -0.2) is 8.78 Å². The van der Waals surface area contributed by atoms with E-state index >= 15 is 0 Å². The summed E-state index contributed by atoms with van der Waals surface area (Å²) in [5, 5.41) is 17.9. The van der Waals surface area contributed by atoms with E-state index in [1.165, 1.54) is 9.24 Å². The van der Waals surface area contributed by atoms with Crippen molar-refractivity contribution in [2.24, 2.45) is 5.73 Å². The van der Waals surface area contributed by atoms with Crippen LogP contribution in [0.15, 0.2) is 53.1 Å². The van der Waals surface area contributed by atoms with Crippen LogP contribution in [0, 0.1) is 18.3 Å². The van der Waals surface area contributed by atoms with Crippen LogP contribution < -0.4 is 16.4 Å². The number of nitrogens with two attached hydrogens (primary N) is 1. The first kappa shape index (κ1) is 25.9. The molecule has 8 nitrogen and oxygen atoms in total. The van der Waals surface area contributed by atoms with Gasteiger partial charge < -0.3 is 20.9 Å². The molecule has 2 atom stereocenters. The maximum atomic E-state index is 13.7. The molecule has 0 bridgehead atoms. The van der Waals surface area contributed by atoms with Gasteiger partial charge in [0.1, 0.15) is 12.2 Å². The Morgan fingerprint density at radius 1 is 1.23 bits per heavy atom. The van der Waals surface area contributed by atoms with Crippen LogP contribution in [0.2, 0.25) is 0 Å². The van der Waals surface area contributed by atoms with Crippen molar-refractivity contribution in [1.82, 2.24) is 15.8 Å². The first-order valence-electron chi connectivity index (χ1n) is 10.6. The van der Waals surface area contributed by atoms with Crippen molar-refractivity contribution < 1.29 is 22.9 Å². The highest BCUT2D eigenvalue weighted by molar-refractivity contribution is 7.18. The first-order chi connectivity index (χ1) is 16.6. The molecule has 0 radical (unpaired) electrons. The van der Waals surface area contributed by atoms with E-state index in [4.69, 9.17) is 15.5 Å². The summed E-state index contributed by atoms with van der Waals surface area (Å²) < 4.78 is 33.0. The number of nitriles is 1. The van der Waals surface area contributed by atoms with Crippen LogP contribution in [-0.4, -0.2) is 35.2 Å². The normalized spacial score (nSPS) is 12.1. The molecule has 1 aromatic heterocycles. The Morgan fingerprint density at radius 2 is 2.00 bits per heavy atom. The summed E-state index contributed by atoms with van der Waals surface area (Å²) in [6.07, 6.45) is -0.490. The Hall–Kier alpha value is -3.67. The highest BCUT2D eigenvalue weighted by Gasteiger charge is 2.35. The van der Waals surface area contributed by atoms with Crippen molar-refractivity contribution in [3.8, 4) is 28.7 Å². The molecule has 0 aliphatic rings. The van der Waals surface area contributed by atoms with Gasteiger partial charge in [0.15, 0.2) is 5.76 Å². The van der Waals surface area contributed by atoms with Gasteiger partial charge in [-0.15, -0.1) is 0 Å². The van der Waals surface area contributed by atoms with Gasteiger partial charge in [0.2, 0.25) is 5.91 Å². The lowest BCUT2D eigenvalue weighted by atomic mass is 10.0. The minimum atomic E-state index is -3.19. The predicted molar refractivity (Wildman–Crippen MR) is 129 cm³/mol. The number of amides is 2. The van der Waals surface area contributed by atoms with Crippen LogP contribution in [0.3, 0.4) is 0 Å². The quantitative estimate of drug-likeness (QED) is 0.289. The van der Waals surface area contributed by atoms with Gasteiger partial charge in [0.25, 0.3) is 11.6 Å². The number of aromatic nitrogens is 1. The van der Waals surface area contributed by atoms with Crippen molar-refractivity contribution in [2.45, 2.75) is 31.6 Å². The summed E-state index contributed by atoms with van der Waals surface area (Å²) in [6.45, 7) is 1.87. The molecule has 2 unspecified atom stereocenters. The molecule has 0 saturated carbocycles. The van der Waals surface area contributed by atoms with Gasteiger partial charge in [-0.2, -0.15) is 5.26 Å². The van der Waals surface area contributed by atoms with Gasteiger partial charge in [-0.05, 0) is 36.2 Å². The molecule has 0 aliphatic carbocycles. The molecule has 2 amide bonds. The Morgan fingerprint density at radius 3 is 2.66 bits per heavy atom. The van der Waals surface area contributed by atoms with Gasteiger partial charge in [-0.3, -0.25) is 9.59 Å². The summed E-state index contributed by atoms with van der Waals surface area (Å²) in [7, 11) is 1.44. The first-order valence-corrected chi connectivity index (χ1v) is 11.2. The number of nitrogens with zero attached hydrogens (tertiary/aromatic N) is 2. The molecule has 0 saturated heterocycles. The number of rotatable bonds is 10. The monoisotopic (exact) mass is 499 g/mol. The number of aryl methyl sites for hydroxylation is 1. The number of alkyl halides is 2. The fraction of sp³-hybridized carbons (Fsp3) is 0.250. The lowest BCUT2D eigenvalue weighted by Gasteiger charge is -2.24. The minimum absolute atomic E-state index is 0.0896. The van der Waals surface area contributed by atoms with Crippen molar-refractivity contribution in [1.29, 1.82) is 5.26 Å². The van der Waals surface area contributed by atoms with Crippen LogP contribution in [0.25, 0.3) is 22.6 Å². The number of benzene rings is 2. The van der Waals surface area contributed by atoms with Gasteiger partial charge in [0.05, 0.1) is 12.1 Å². The number of primary amides is 1. The fourth-order valence-electron chi connectivity index (χ4n) is 3.42. The van der Waals surface area contributed by atoms with E-state index in [1.54, 1.807) is 42.5 Å². The molecule has 4 N–H and O–H groups in total. The Labute approximate surface area is 203 Å². The van der Waals surface area contributed by atoms with Gasteiger partial charge in [0, 0.05) is 35.7 Å². The van der Waals surface area contributed by atoms with Crippen molar-refractivity contribution in [3.63, 3.8) is 0 Å². The third-order valence-electron chi connectivity index (χ3n) is 5.29. The van der Waals surface area contributed by atoms with Crippen LogP contribution >= 0.6 is 9.24 Å². The molecular weight excluding hydrogens is 475 g/mol. The van der Waals surface area contributed by atoms with Crippen LogP contribution in [0.5, 0.6) is 0 Å². The maximum absolute atomic E-state index is 13.7. The van der Waals surface area contributed by atoms with Crippen LogP contribution in [0.4, 0.5) is 8.78 Å². The molecular formula is C24H24F2N5O3P. The number of hydrogen-bond donors (Lipinski definition) is 3. The molecule has 0 fully saturated rings. The lowest BCUT2D eigenvalue weighted by Crippen LogP contribution is -2.43. The molecule has 0 aliphatic heterocycles. The second kappa shape index (κ2) is 11.2. The highest BCUT2D eigenvalue weighted by Crippen LogP contribution is 2.30. The molecule has 1 heterocycles. The highest BCUT2D eigenvalue weighted by atomic mass is 31.0.